The van der Waals surface area contributed by atoms with E-state index in [0.717, 1.165) is 68.8 Å². The largest absolute Gasteiger partial charge is 0.352 e. The number of nitrogens with zero attached hydrogens (tertiary/aromatic N) is 5. The van der Waals surface area contributed by atoms with Crippen molar-refractivity contribution in [3.63, 3.8) is 0 Å². The minimum atomic E-state index is 0.210. The molecule has 1 aromatic carbocycles. The van der Waals surface area contributed by atoms with Crippen LogP contribution in [0.5, 0.6) is 0 Å². The van der Waals surface area contributed by atoms with Crippen LogP contribution in [-0.2, 0) is 0 Å². The number of anilines is 1. The van der Waals surface area contributed by atoms with E-state index in [1.165, 1.54) is 6.42 Å². The Morgan fingerprint density at radius 3 is 2.33 bits per heavy atom. The minimum Gasteiger partial charge on any atom is -0.352 e. The van der Waals surface area contributed by atoms with Gasteiger partial charge in [0.2, 0.25) is 0 Å². The molecule has 3 heterocycles. The molecule has 0 atom stereocenters. The van der Waals surface area contributed by atoms with Gasteiger partial charge in [-0.1, -0.05) is 12.1 Å². The molecule has 6 nitrogen and oxygen atoms in total. The number of amides is 2. The number of piperidine rings is 1. The Bertz CT molecular complexity index is 715. The maximum atomic E-state index is 12.6. The van der Waals surface area contributed by atoms with Gasteiger partial charge in [-0.2, -0.15) is 0 Å². The van der Waals surface area contributed by atoms with E-state index in [1.54, 1.807) is 6.33 Å². The lowest BCUT2D eigenvalue weighted by atomic mass is 10.1. The number of carbonyl (C=O) groups is 1. The van der Waals surface area contributed by atoms with Crippen molar-refractivity contribution in [1.82, 2.24) is 19.8 Å². The van der Waals surface area contributed by atoms with Crippen LogP contribution in [0.25, 0.3) is 10.9 Å². The van der Waals surface area contributed by atoms with E-state index in [4.69, 9.17) is 0 Å². The summed E-state index contributed by atoms with van der Waals surface area (Å²) in [6.45, 7) is 4.98. The number of aromatic nitrogens is 2. The van der Waals surface area contributed by atoms with Gasteiger partial charge in [-0.3, -0.25) is 0 Å². The van der Waals surface area contributed by atoms with Gasteiger partial charge in [0.25, 0.3) is 0 Å². The molecule has 2 aromatic rings. The van der Waals surface area contributed by atoms with Crippen molar-refractivity contribution >= 4 is 22.8 Å². The van der Waals surface area contributed by atoms with Gasteiger partial charge in [0.05, 0.1) is 5.52 Å². The first-order valence-corrected chi connectivity index (χ1v) is 8.81. The molecule has 2 fully saturated rings. The fraction of sp³-hybridized carbons (Fsp3) is 0.500. The summed E-state index contributed by atoms with van der Waals surface area (Å²) in [4.78, 5) is 27.7. The standard InChI is InChI=1S/C18H23N5O/c24-18(22-8-4-1-5-9-22)23-12-10-21(11-13-23)17-15-6-2-3-7-16(15)19-14-20-17/h2-3,6-7,14H,1,4-5,8-13H2. The third-order valence-corrected chi connectivity index (χ3v) is 5.00. The predicted octanol–water partition coefficient (Wildman–Crippen LogP) is 2.36. The Morgan fingerprint density at radius 2 is 1.54 bits per heavy atom. The maximum Gasteiger partial charge on any atom is 0.320 e. The van der Waals surface area contributed by atoms with E-state index in [9.17, 15) is 4.79 Å². The van der Waals surface area contributed by atoms with Crippen molar-refractivity contribution in [2.75, 3.05) is 44.2 Å². The van der Waals surface area contributed by atoms with Gasteiger partial charge in [0.1, 0.15) is 12.1 Å². The van der Waals surface area contributed by atoms with Gasteiger partial charge in [-0.15, -0.1) is 0 Å². The molecule has 0 N–H and O–H groups in total. The number of carbonyl (C=O) groups excluding carboxylic acids is 1. The fourth-order valence-electron chi connectivity index (χ4n) is 3.64. The van der Waals surface area contributed by atoms with Gasteiger partial charge in [0, 0.05) is 44.7 Å². The Labute approximate surface area is 142 Å². The summed E-state index contributed by atoms with van der Waals surface area (Å²) in [5.41, 5.74) is 0.967. The highest BCUT2D eigenvalue weighted by Crippen LogP contribution is 2.24. The summed E-state index contributed by atoms with van der Waals surface area (Å²) < 4.78 is 0. The molecule has 2 amide bonds. The van der Waals surface area contributed by atoms with Gasteiger partial charge >= 0.3 is 6.03 Å². The van der Waals surface area contributed by atoms with Crippen LogP contribution in [0.3, 0.4) is 0 Å². The second kappa shape index (κ2) is 6.63. The molecule has 0 radical (unpaired) electrons. The number of piperazine rings is 1. The normalized spacial score (nSPS) is 18.9. The third kappa shape index (κ3) is 2.88. The van der Waals surface area contributed by atoms with Gasteiger partial charge in [-0.25, -0.2) is 14.8 Å². The number of para-hydroxylation sites is 1. The zero-order valence-electron chi connectivity index (χ0n) is 13.9. The molecule has 0 bridgehead atoms. The van der Waals surface area contributed by atoms with Crippen molar-refractivity contribution in [3.05, 3.63) is 30.6 Å². The molecular weight excluding hydrogens is 302 g/mol. The third-order valence-electron chi connectivity index (χ3n) is 5.00. The number of benzene rings is 1. The van der Waals surface area contributed by atoms with Crippen LogP contribution < -0.4 is 4.90 Å². The highest BCUT2D eigenvalue weighted by Gasteiger charge is 2.27. The second-order valence-corrected chi connectivity index (χ2v) is 6.52. The lowest BCUT2D eigenvalue weighted by Gasteiger charge is -2.39. The molecule has 0 saturated carbocycles. The SMILES string of the molecule is O=C(N1CCCCC1)N1CCN(c2ncnc3ccccc23)CC1. The maximum absolute atomic E-state index is 12.6. The number of rotatable bonds is 1. The second-order valence-electron chi connectivity index (χ2n) is 6.52. The number of hydrogen-bond donors (Lipinski definition) is 0. The zero-order valence-corrected chi connectivity index (χ0v) is 13.9. The van der Waals surface area contributed by atoms with E-state index in [-0.39, 0.29) is 6.03 Å². The predicted molar refractivity (Wildman–Crippen MR) is 94.1 cm³/mol. The summed E-state index contributed by atoms with van der Waals surface area (Å²) >= 11 is 0. The van der Waals surface area contributed by atoms with Crippen LogP contribution in [0.2, 0.25) is 0 Å². The van der Waals surface area contributed by atoms with Crippen molar-refractivity contribution in [1.29, 1.82) is 0 Å². The topological polar surface area (TPSA) is 52.6 Å². The Balaban J connectivity index is 1.45. The molecule has 0 spiro atoms. The molecule has 6 heteroatoms. The van der Waals surface area contributed by atoms with Crippen LogP contribution in [0, 0.1) is 0 Å². The van der Waals surface area contributed by atoms with Crippen LogP contribution >= 0.6 is 0 Å². The first-order chi connectivity index (χ1) is 11.8. The number of fused-ring (bicyclic) bond motifs is 1. The summed E-state index contributed by atoms with van der Waals surface area (Å²) in [5.74, 6) is 0.977. The number of hydrogen-bond acceptors (Lipinski definition) is 4. The molecule has 0 aliphatic carbocycles. The van der Waals surface area contributed by atoms with Crippen LogP contribution in [0.1, 0.15) is 19.3 Å². The number of likely N-dealkylation sites (tertiary alicyclic amines) is 1. The van der Waals surface area contributed by atoms with E-state index in [2.05, 4.69) is 20.9 Å². The van der Waals surface area contributed by atoms with Crippen LogP contribution in [0.4, 0.5) is 10.6 Å². The summed E-state index contributed by atoms with van der Waals surface area (Å²) in [7, 11) is 0. The highest BCUT2D eigenvalue weighted by molar-refractivity contribution is 5.89. The van der Waals surface area contributed by atoms with Gasteiger partial charge in [-0.05, 0) is 31.4 Å². The molecule has 2 saturated heterocycles. The Morgan fingerprint density at radius 1 is 0.833 bits per heavy atom. The smallest absolute Gasteiger partial charge is 0.320 e. The van der Waals surface area contributed by atoms with Crippen LogP contribution in [0.15, 0.2) is 30.6 Å². The number of urea groups is 1. The van der Waals surface area contributed by atoms with E-state index >= 15 is 0 Å². The van der Waals surface area contributed by atoms with E-state index in [0.29, 0.717) is 0 Å². The Hall–Kier alpha value is -2.37. The molecular formula is C18H23N5O. The first kappa shape index (κ1) is 15.2. The summed E-state index contributed by atoms with van der Waals surface area (Å²) in [6.07, 6.45) is 5.15. The molecule has 4 rings (SSSR count). The average molecular weight is 325 g/mol. The van der Waals surface area contributed by atoms with Gasteiger partial charge in [0.15, 0.2) is 0 Å². The minimum absolute atomic E-state index is 0.210. The molecule has 24 heavy (non-hydrogen) atoms. The average Bonchev–Trinajstić information content (AvgIpc) is 2.68. The van der Waals surface area contributed by atoms with Crippen LogP contribution in [-0.4, -0.2) is 65.1 Å². The van der Waals surface area contributed by atoms with Crippen molar-refractivity contribution in [2.24, 2.45) is 0 Å². The monoisotopic (exact) mass is 325 g/mol. The lowest BCUT2D eigenvalue weighted by Crippen LogP contribution is -2.53. The molecule has 1 aromatic heterocycles. The van der Waals surface area contributed by atoms with Crippen molar-refractivity contribution in [2.45, 2.75) is 19.3 Å². The zero-order chi connectivity index (χ0) is 16.4. The first-order valence-electron chi connectivity index (χ1n) is 8.81. The van der Waals surface area contributed by atoms with Gasteiger partial charge < -0.3 is 14.7 Å². The lowest BCUT2D eigenvalue weighted by molar-refractivity contribution is 0.141. The highest BCUT2D eigenvalue weighted by atomic mass is 16.2. The van der Waals surface area contributed by atoms with E-state index in [1.807, 2.05) is 28.0 Å². The van der Waals surface area contributed by atoms with E-state index < -0.39 is 0 Å². The fourth-order valence-corrected chi connectivity index (χ4v) is 3.64. The summed E-state index contributed by atoms with van der Waals surface area (Å²) in [6, 6.07) is 8.30. The Kier molecular flexibility index (Phi) is 4.19. The molecule has 2 aliphatic rings. The molecule has 126 valence electrons. The quantitative estimate of drug-likeness (QED) is 0.808. The molecule has 2 aliphatic heterocycles. The molecule has 0 unspecified atom stereocenters. The summed E-state index contributed by atoms with van der Waals surface area (Å²) in [5, 5.41) is 1.08. The van der Waals surface area contributed by atoms with Crippen molar-refractivity contribution in [3.8, 4) is 0 Å². The van der Waals surface area contributed by atoms with Crippen molar-refractivity contribution < 1.29 is 4.79 Å².